The highest BCUT2D eigenvalue weighted by Gasteiger charge is 2.35. The van der Waals surface area contributed by atoms with Gasteiger partial charge in [0.05, 0.1) is 5.92 Å². The molecule has 0 aliphatic carbocycles. The Morgan fingerprint density at radius 1 is 1.40 bits per heavy atom. The Morgan fingerprint density at radius 2 is 2.00 bits per heavy atom. The largest absolute Gasteiger partial charge is 0.480 e. The van der Waals surface area contributed by atoms with Gasteiger partial charge in [-0.3, -0.25) is 9.59 Å². The van der Waals surface area contributed by atoms with Gasteiger partial charge in [-0.05, 0) is 27.2 Å². The molecule has 1 rings (SSSR count). The van der Waals surface area contributed by atoms with Crippen LogP contribution in [0.4, 0.5) is 0 Å². The number of aliphatic carboxylic acids is 1. The zero-order chi connectivity index (χ0) is 11.6. The highest BCUT2D eigenvalue weighted by atomic mass is 16.6. The number of nitrogens with one attached hydrogen (secondary N) is 1. The summed E-state index contributed by atoms with van der Waals surface area (Å²) in [5, 5.41) is 11.5. The number of esters is 1. The molecule has 5 nitrogen and oxygen atoms in total. The number of hydrogen-bond donors (Lipinski definition) is 2. The maximum absolute atomic E-state index is 11.6. The first-order valence-corrected chi connectivity index (χ1v) is 4.98. The molecule has 0 spiro atoms. The summed E-state index contributed by atoms with van der Waals surface area (Å²) in [5.74, 6) is -1.58. The van der Waals surface area contributed by atoms with Gasteiger partial charge in [0.25, 0.3) is 0 Å². The van der Waals surface area contributed by atoms with E-state index in [0.29, 0.717) is 13.0 Å². The fourth-order valence-corrected chi connectivity index (χ4v) is 1.49. The van der Waals surface area contributed by atoms with Crippen molar-refractivity contribution in [3.8, 4) is 0 Å². The van der Waals surface area contributed by atoms with Crippen LogP contribution >= 0.6 is 0 Å². The lowest BCUT2D eigenvalue weighted by Crippen LogP contribution is -2.30. The molecule has 1 aliphatic rings. The van der Waals surface area contributed by atoms with Gasteiger partial charge in [0.1, 0.15) is 11.6 Å². The van der Waals surface area contributed by atoms with E-state index >= 15 is 0 Å². The second kappa shape index (κ2) is 4.18. The van der Waals surface area contributed by atoms with Crippen molar-refractivity contribution in [2.75, 3.05) is 6.54 Å². The monoisotopic (exact) mass is 215 g/mol. The Balaban J connectivity index is 2.47. The van der Waals surface area contributed by atoms with Crippen LogP contribution in [0.1, 0.15) is 27.2 Å². The van der Waals surface area contributed by atoms with E-state index in [2.05, 4.69) is 5.32 Å². The summed E-state index contributed by atoms with van der Waals surface area (Å²) in [6.07, 6.45) is 0.310. The Kier molecular flexibility index (Phi) is 3.34. The van der Waals surface area contributed by atoms with Gasteiger partial charge in [-0.2, -0.15) is 0 Å². The van der Waals surface area contributed by atoms with Crippen molar-refractivity contribution >= 4 is 11.9 Å². The number of carboxylic acid groups (broad SMARTS) is 1. The predicted molar refractivity (Wildman–Crippen MR) is 53.4 cm³/mol. The first kappa shape index (κ1) is 12.0. The first-order valence-electron chi connectivity index (χ1n) is 4.98. The van der Waals surface area contributed by atoms with Gasteiger partial charge in [-0.25, -0.2) is 0 Å². The zero-order valence-corrected chi connectivity index (χ0v) is 9.24. The molecule has 2 N–H and O–H groups in total. The minimum atomic E-state index is -0.916. The minimum Gasteiger partial charge on any atom is -0.480 e. The van der Waals surface area contributed by atoms with Crippen molar-refractivity contribution in [1.29, 1.82) is 0 Å². The highest BCUT2D eigenvalue weighted by Crippen LogP contribution is 2.19. The molecule has 2 unspecified atom stereocenters. The number of carbonyl (C=O) groups is 2. The molecule has 1 aliphatic heterocycles. The van der Waals surface area contributed by atoms with Crippen LogP contribution in [0.5, 0.6) is 0 Å². The maximum Gasteiger partial charge on any atom is 0.320 e. The van der Waals surface area contributed by atoms with Crippen LogP contribution in [0.25, 0.3) is 0 Å². The van der Waals surface area contributed by atoms with Gasteiger partial charge >= 0.3 is 11.9 Å². The van der Waals surface area contributed by atoms with Crippen molar-refractivity contribution in [3.05, 3.63) is 0 Å². The van der Waals surface area contributed by atoms with Crippen molar-refractivity contribution in [3.63, 3.8) is 0 Å². The van der Waals surface area contributed by atoms with E-state index < -0.39 is 17.6 Å². The molecular weight excluding hydrogens is 198 g/mol. The summed E-state index contributed by atoms with van der Waals surface area (Å²) in [5.41, 5.74) is -0.515. The second-order valence-corrected chi connectivity index (χ2v) is 4.77. The van der Waals surface area contributed by atoms with E-state index in [1.807, 2.05) is 0 Å². The molecule has 86 valence electrons. The molecule has 0 aromatic heterocycles. The average molecular weight is 215 g/mol. The van der Waals surface area contributed by atoms with Gasteiger partial charge in [0.2, 0.25) is 0 Å². The van der Waals surface area contributed by atoms with Crippen molar-refractivity contribution in [1.82, 2.24) is 5.32 Å². The lowest BCUT2D eigenvalue weighted by Gasteiger charge is -2.21. The van der Waals surface area contributed by atoms with Crippen LogP contribution in [-0.2, 0) is 14.3 Å². The second-order valence-electron chi connectivity index (χ2n) is 4.77. The van der Waals surface area contributed by atoms with Crippen molar-refractivity contribution < 1.29 is 19.4 Å². The van der Waals surface area contributed by atoms with Gasteiger partial charge in [0.15, 0.2) is 0 Å². The Hall–Kier alpha value is -1.10. The molecule has 0 amide bonds. The van der Waals surface area contributed by atoms with Crippen LogP contribution in [-0.4, -0.2) is 35.2 Å². The molecule has 2 atom stereocenters. The molecule has 0 radical (unpaired) electrons. The Morgan fingerprint density at radius 3 is 2.40 bits per heavy atom. The molecule has 0 saturated carbocycles. The van der Waals surface area contributed by atoms with E-state index in [4.69, 9.17) is 9.84 Å². The van der Waals surface area contributed by atoms with Gasteiger partial charge in [-0.15, -0.1) is 0 Å². The Labute approximate surface area is 88.8 Å². The van der Waals surface area contributed by atoms with E-state index in [-0.39, 0.29) is 11.9 Å². The lowest BCUT2D eigenvalue weighted by atomic mass is 10.1. The normalized spacial score (nSPS) is 26.3. The molecule has 1 heterocycles. The van der Waals surface area contributed by atoms with Crippen LogP contribution in [0, 0.1) is 5.92 Å². The third-order valence-electron chi connectivity index (χ3n) is 2.17. The predicted octanol–water partition coefficient (Wildman–Crippen LogP) is 0.391. The van der Waals surface area contributed by atoms with E-state index in [1.54, 1.807) is 20.8 Å². The third-order valence-corrected chi connectivity index (χ3v) is 2.17. The third kappa shape index (κ3) is 3.51. The maximum atomic E-state index is 11.6. The van der Waals surface area contributed by atoms with Crippen molar-refractivity contribution in [2.24, 2.45) is 5.92 Å². The number of carboxylic acids is 1. The lowest BCUT2D eigenvalue weighted by molar-refractivity contribution is -0.159. The standard InChI is InChI=1S/C10H17NO4/c1-10(2,3)15-9(14)6-4-7(8(12)13)11-5-6/h6-7,11H,4-5H2,1-3H3,(H,12,13). The number of carbonyl (C=O) groups excluding carboxylic acids is 1. The molecule has 1 saturated heterocycles. The molecular formula is C10H17NO4. The topological polar surface area (TPSA) is 75.6 Å². The molecule has 0 bridgehead atoms. The number of ether oxygens (including phenoxy) is 1. The van der Waals surface area contributed by atoms with Crippen LogP contribution in [0.2, 0.25) is 0 Å². The smallest absolute Gasteiger partial charge is 0.320 e. The van der Waals surface area contributed by atoms with Crippen LogP contribution < -0.4 is 5.32 Å². The van der Waals surface area contributed by atoms with Gasteiger partial charge < -0.3 is 15.2 Å². The molecule has 15 heavy (non-hydrogen) atoms. The average Bonchev–Trinajstić information content (AvgIpc) is 2.47. The summed E-state index contributed by atoms with van der Waals surface area (Å²) < 4.78 is 5.18. The molecule has 1 fully saturated rings. The summed E-state index contributed by atoms with van der Waals surface area (Å²) in [6.45, 7) is 5.76. The fourth-order valence-electron chi connectivity index (χ4n) is 1.49. The van der Waals surface area contributed by atoms with Crippen molar-refractivity contribution in [2.45, 2.75) is 38.8 Å². The summed E-state index contributed by atoms with van der Waals surface area (Å²) in [4.78, 5) is 22.2. The van der Waals surface area contributed by atoms with E-state index in [9.17, 15) is 9.59 Å². The summed E-state index contributed by atoms with van der Waals surface area (Å²) in [6, 6.07) is -0.623. The SMILES string of the molecule is CC(C)(C)OC(=O)C1CNC(C(=O)O)C1. The highest BCUT2D eigenvalue weighted by molar-refractivity contribution is 5.78. The van der Waals surface area contributed by atoms with Gasteiger partial charge in [0, 0.05) is 6.54 Å². The van der Waals surface area contributed by atoms with Crippen LogP contribution in [0.15, 0.2) is 0 Å². The zero-order valence-electron chi connectivity index (χ0n) is 9.24. The quantitative estimate of drug-likeness (QED) is 0.652. The number of rotatable bonds is 2. The minimum absolute atomic E-state index is 0.310. The molecule has 5 heteroatoms. The fraction of sp³-hybridized carbons (Fsp3) is 0.800. The van der Waals surface area contributed by atoms with Gasteiger partial charge in [-0.1, -0.05) is 0 Å². The molecule has 0 aromatic carbocycles. The van der Waals surface area contributed by atoms with E-state index in [0.717, 1.165) is 0 Å². The summed E-state index contributed by atoms with van der Waals surface area (Å²) >= 11 is 0. The Bertz CT molecular complexity index is 269. The summed E-state index contributed by atoms with van der Waals surface area (Å²) in [7, 11) is 0. The number of hydrogen-bond acceptors (Lipinski definition) is 4. The van der Waals surface area contributed by atoms with Crippen LogP contribution in [0.3, 0.4) is 0 Å². The first-order chi connectivity index (χ1) is 6.79. The molecule has 0 aromatic rings. The van der Waals surface area contributed by atoms with E-state index in [1.165, 1.54) is 0 Å².